The molecule has 1 aromatic heterocycles. The summed E-state index contributed by atoms with van der Waals surface area (Å²) in [6.45, 7) is 9.77. The maximum absolute atomic E-state index is 6.24. The molecule has 7 nitrogen and oxygen atoms in total. The zero-order valence-corrected chi connectivity index (χ0v) is 18.9. The molecule has 0 spiro atoms. The molecule has 2 aliphatic heterocycles. The van der Waals surface area contributed by atoms with E-state index in [1.807, 2.05) is 29.8 Å². The number of halogens is 1. The number of hydrogen-bond acceptors (Lipinski definition) is 6. The summed E-state index contributed by atoms with van der Waals surface area (Å²) in [4.78, 5) is 18.4. The van der Waals surface area contributed by atoms with Crippen molar-refractivity contribution in [2.75, 3.05) is 75.2 Å². The van der Waals surface area contributed by atoms with Gasteiger partial charge in [0.05, 0.1) is 0 Å². The van der Waals surface area contributed by atoms with Gasteiger partial charge in [-0.15, -0.1) is 11.3 Å². The zero-order chi connectivity index (χ0) is 20.8. The van der Waals surface area contributed by atoms with E-state index in [0.29, 0.717) is 5.96 Å². The monoisotopic (exact) mass is 447 g/mol. The van der Waals surface area contributed by atoms with Gasteiger partial charge >= 0.3 is 0 Å². The number of rotatable bonds is 6. The second-order valence-electron chi connectivity index (χ2n) is 7.69. The number of hydrogen-bond donors (Lipinski definition) is 1. The molecular formula is C21H30ClN7S. The van der Waals surface area contributed by atoms with E-state index in [1.54, 1.807) is 11.3 Å². The molecular weight excluding hydrogens is 418 g/mol. The lowest BCUT2D eigenvalue weighted by Gasteiger charge is -2.36. The van der Waals surface area contributed by atoms with Crippen molar-refractivity contribution in [1.29, 1.82) is 0 Å². The minimum atomic E-state index is 0.680. The maximum Gasteiger partial charge on any atom is 0.191 e. The summed E-state index contributed by atoms with van der Waals surface area (Å²) in [5.41, 5.74) is 7.46. The molecule has 0 unspecified atom stereocenters. The average molecular weight is 448 g/mol. The molecule has 3 heterocycles. The molecule has 0 radical (unpaired) electrons. The SMILES string of the molecule is NC(=NCCCN1CCN(c2cccc(Cl)c2)CC1)N1CCN(c2nccs2)CC1. The molecule has 0 bridgehead atoms. The van der Waals surface area contributed by atoms with Gasteiger partial charge in [-0.25, -0.2) is 4.98 Å². The fraction of sp³-hybridized carbons (Fsp3) is 0.524. The summed E-state index contributed by atoms with van der Waals surface area (Å²) >= 11 is 7.81. The van der Waals surface area contributed by atoms with Gasteiger partial charge in [0, 0.05) is 87.7 Å². The van der Waals surface area contributed by atoms with Crippen molar-refractivity contribution in [3.8, 4) is 0 Å². The third-order valence-corrected chi connectivity index (χ3v) is 6.81. The van der Waals surface area contributed by atoms with Crippen LogP contribution in [0.2, 0.25) is 5.02 Å². The zero-order valence-electron chi connectivity index (χ0n) is 17.3. The standard InChI is InChI=1S/C21H30ClN7S/c22-18-3-1-4-19(17-18)27-10-8-26(9-11-27)7-2-5-24-20(23)28-12-14-29(15-13-28)21-25-6-16-30-21/h1,3-4,6,16-17H,2,5,7-15H2,(H2,23,24). The highest BCUT2D eigenvalue weighted by Crippen LogP contribution is 2.21. The Labute approximate surface area is 187 Å². The van der Waals surface area contributed by atoms with Crippen LogP contribution in [-0.2, 0) is 0 Å². The van der Waals surface area contributed by atoms with E-state index in [0.717, 1.165) is 82.0 Å². The van der Waals surface area contributed by atoms with Crippen molar-refractivity contribution in [1.82, 2.24) is 14.8 Å². The summed E-state index contributed by atoms with van der Waals surface area (Å²) in [6, 6.07) is 8.13. The lowest BCUT2D eigenvalue weighted by atomic mass is 10.2. The second kappa shape index (κ2) is 10.3. The summed E-state index contributed by atoms with van der Waals surface area (Å²) in [6.07, 6.45) is 2.90. The normalized spacial score (nSPS) is 18.8. The van der Waals surface area contributed by atoms with Crippen LogP contribution in [0.25, 0.3) is 0 Å². The Kier molecular flexibility index (Phi) is 7.30. The van der Waals surface area contributed by atoms with Crippen molar-refractivity contribution in [2.45, 2.75) is 6.42 Å². The minimum Gasteiger partial charge on any atom is -0.370 e. The van der Waals surface area contributed by atoms with Crippen molar-refractivity contribution in [2.24, 2.45) is 10.7 Å². The second-order valence-corrected chi connectivity index (χ2v) is 9.00. The molecule has 30 heavy (non-hydrogen) atoms. The van der Waals surface area contributed by atoms with Gasteiger partial charge in [-0.3, -0.25) is 9.89 Å². The Balaban J connectivity index is 1.14. The maximum atomic E-state index is 6.24. The van der Waals surface area contributed by atoms with Gasteiger partial charge in [0.2, 0.25) is 0 Å². The average Bonchev–Trinajstić information content (AvgIpc) is 3.32. The van der Waals surface area contributed by atoms with Crippen LogP contribution in [0, 0.1) is 0 Å². The van der Waals surface area contributed by atoms with Crippen LogP contribution in [0.4, 0.5) is 10.8 Å². The van der Waals surface area contributed by atoms with Crippen molar-refractivity contribution < 1.29 is 0 Å². The molecule has 162 valence electrons. The van der Waals surface area contributed by atoms with Gasteiger partial charge in [0.25, 0.3) is 0 Å². The van der Waals surface area contributed by atoms with Crippen molar-refractivity contribution >= 4 is 39.7 Å². The lowest BCUT2D eigenvalue weighted by Crippen LogP contribution is -2.51. The molecule has 9 heteroatoms. The Bertz CT molecular complexity index is 813. The highest BCUT2D eigenvalue weighted by molar-refractivity contribution is 7.13. The Hall–Kier alpha value is -2.03. The number of anilines is 2. The number of nitrogens with two attached hydrogens (primary N) is 1. The first-order valence-corrected chi connectivity index (χ1v) is 11.9. The minimum absolute atomic E-state index is 0.680. The Morgan fingerprint density at radius 2 is 1.83 bits per heavy atom. The van der Waals surface area contributed by atoms with Crippen LogP contribution in [0.3, 0.4) is 0 Å². The predicted molar refractivity (Wildman–Crippen MR) is 127 cm³/mol. The van der Waals surface area contributed by atoms with Gasteiger partial charge in [-0.2, -0.15) is 0 Å². The van der Waals surface area contributed by atoms with Crippen LogP contribution in [0.5, 0.6) is 0 Å². The molecule has 2 aromatic rings. The Morgan fingerprint density at radius 1 is 1.07 bits per heavy atom. The van der Waals surface area contributed by atoms with Crippen LogP contribution in [0.1, 0.15) is 6.42 Å². The van der Waals surface area contributed by atoms with E-state index in [4.69, 9.17) is 17.3 Å². The molecule has 0 aliphatic carbocycles. The van der Waals surface area contributed by atoms with Crippen LogP contribution < -0.4 is 15.5 Å². The smallest absolute Gasteiger partial charge is 0.191 e. The quantitative estimate of drug-likeness (QED) is 0.417. The predicted octanol–water partition coefficient (Wildman–Crippen LogP) is 2.45. The number of aliphatic imine (C=N–C) groups is 1. The van der Waals surface area contributed by atoms with E-state index in [2.05, 4.69) is 35.6 Å². The van der Waals surface area contributed by atoms with E-state index >= 15 is 0 Å². The van der Waals surface area contributed by atoms with Gasteiger partial charge in [-0.1, -0.05) is 17.7 Å². The number of aromatic nitrogens is 1. The van der Waals surface area contributed by atoms with E-state index in [1.165, 1.54) is 5.69 Å². The summed E-state index contributed by atoms with van der Waals surface area (Å²) in [5, 5.41) is 3.92. The molecule has 2 N–H and O–H groups in total. The van der Waals surface area contributed by atoms with Crippen molar-refractivity contribution in [3.63, 3.8) is 0 Å². The van der Waals surface area contributed by atoms with Crippen LogP contribution in [0.15, 0.2) is 40.8 Å². The number of benzene rings is 1. The van der Waals surface area contributed by atoms with E-state index in [-0.39, 0.29) is 0 Å². The third-order valence-electron chi connectivity index (χ3n) is 5.75. The van der Waals surface area contributed by atoms with Crippen LogP contribution in [-0.4, -0.2) is 86.2 Å². The van der Waals surface area contributed by atoms with Gasteiger partial charge in [-0.05, 0) is 24.6 Å². The molecule has 0 saturated carbocycles. The topological polar surface area (TPSA) is 64.2 Å². The number of thiazole rings is 1. The summed E-state index contributed by atoms with van der Waals surface area (Å²) in [7, 11) is 0. The number of guanidine groups is 1. The first-order chi connectivity index (χ1) is 14.7. The summed E-state index contributed by atoms with van der Waals surface area (Å²) < 4.78 is 0. The molecule has 2 saturated heterocycles. The fourth-order valence-electron chi connectivity index (χ4n) is 3.99. The third kappa shape index (κ3) is 5.56. The van der Waals surface area contributed by atoms with E-state index < -0.39 is 0 Å². The molecule has 0 amide bonds. The van der Waals surface area contributed by atoms with Gasteiger partial charge < -0.3 is 20.4 Å². The van der Waals surface area contributed by atoms with Crippen LogP contribution >= 0.6 is 22.9 Å². The summed E-state index contributed by atoms with van der Waals surface area (Å²) in [5.74, 6) is 0.680. The number of piperazine rings is 2. The van der Waals surface area contributed by atoms with Gasteiger partial charge in [0.1, 0.15) is 0 Å². The first-order valence-electron chi connectivity index (χ1n) is 10.6. The highest BCUT2D eigenvalue weighted by atomic mass is 35.5. The Morgan fingerprint density at radius 3 is 2.53 bits per heavy atom. The highest BCUT2D eigenvalue weighted by Gasteiger charge is 2.20. The lowest BCUT2D eigenvalue weighted by molar-refractivity contribution is 0.256. The molecule has 2 fully saturated rings. The largest absolute Gasteiger partial charge is 0.370 e. The number of nitrogens with zero attached hydrogens (tertiary/aromatic N) is 6. The first kappa shape index (κ1) is 21.2. The molecule has 1 aromatic carbocycles. The van der Waals surface area contributed by atoms with Gasteiger partial charge in [0.15, 0.2) is 11.1 Å². The van der Waals surface area contributed by atoms with E-state index in [9.17, 15) is 0 Å². The molecule has 0 atom stereocenters. The van der Waals surface area contributed by atoms with Crippen molar-refractivity contribution in [3.05, 3.63) is 40.9 Å². The molecule has 2 aliphatic rings. The molecule has 4 rings (SSSR count). The fourth-order valence-corrected chi connectivity index (χ4v) is 4.87.